The Morgan fingerprint density at radius 1 is 1.24 bits per heavy atom. The Balaban J connectivity index is 1.70. The van der Waals surface area contributed by atoms with Gasteiger partial charge in [-0.15, -0.1) is 0 Å². The maximum absolute atomic E-state index is 12.1. The molecule has 0 bridgehead atoms. The second-order valence-corrected chi connectivity index (χ2v) is 4.87. The number of carbonyl (C=O) groups excluding carboxylic acids is 1. The topological polar surface area (TPSA) is 59.8 Å². The van der Waals surface area contributed by atoms with Crippen molar-refractivity contribution in [3.05, 3.63) is 60.2 Å². The fourth-order valence-electron chi connectivity index (χ4n) is 2.30. The third-order valence-corrected chi connectivity index (χ3v) is 3.36. The van der Waals surface area contributed by atoms with Gasteiger partial charge in [-0.3, -0.25) is 9.78 Å². The molecule has 0 aliphatic carbocycles. The molecular formula is C16H16N4O. The minimum Gasteiger partial charge on any atom is -0.350 e. The molecule has 0 spiro atoms. The standard InChI is InChI=1S/C16H16N4O/c1-12-19-14-6-2-3-7-15(14)20(12)11-16(21)18-10-13-5-4-8-17-9-13/h2-9H,10-11H2,1H3,(H,18,21). The van der Waals surface area contributed by atoms with Gasteiger partial charge in [0.25, 0.3) is 0 Å². The average molecular weight is 280 g/mol. The normalized spacial score (nSPS) is 10.7. The maximum atomic E-state index is 12.1. The highest BCUT2D eigenvalue weighted by Crippen LogP contribution is 2.15. The van der Waals surface area contributed by atoms with E-state index in [1.165, 1.54) is 0 Å². The first-order valence-corrected chi connectivity index (χ1v) is 6.81. The van der Waals surface area contributed by atoms with Crippen LogP contribution in [0, 0.1) is 6.92 Å². The SMILES string of the molecule is Cc1nc2ccccc2n1CC(=O)NCc1cccnc1. The fourth-order valence-corrected chi connectivity index (χ4v) is 2.30. The van der Waals surface area contributed by atoms with E-state index in [1.807, 2.05) is 47.9 Å². The van der Waals surface area contributed by atoms with Gasteiger partial charge in [-0.2, -0.15) is 0 Å². The number of carbonyl (C=O) groups is 1. The molecule has 1 amide bonds. The Bertz CT molecular complexity index is 764. The molecule has 0 aliphatic rings. The number of para-hydroxylation sites is 2. The van der Waals surface area contributed by atoms with Gasteiger partial charge < -0.3 is 9.88 Å². The number of fused-ring (bicyclic) bond motifs is 1. The molecule has 21 heavy (non-hydrogen) atoms. The predicted octanol–water partition coefficient (Wildman–Crippen LogP) is 2.06. The van der Waals surface area contributed by atoms with E-state index in [4.69, 9.17) is 0 Å². The van der Waals surface area contributed by atoms with E-state index >= 15 is 0 Å². The van der Waals surface area contributed by atoms with E-state index in [2.05, 4.69) is 15.3 Å². The Labute approximate surface area is 122 Å². The Morgan fingerprint density at radius 3 is 2.90 bits per heavy atom. The Hall–Kier alpha value is -2.69. The van der Waals surface area contributed by atoms with Crippen molar-refractivity contribution in [2.24, 2.45) is 0 Å². The molecule has 106 valence electrons. The van der Waals surface area contributed by atoms with Gasteiger partial charge in [0.15, 0.2) is 0 Å². The predicted molar refractivity (Wildman–Crippen MR) is 80.6 cm³/mol. The average Bonchev–Trinajstić information content (AvgIpc) is 2.82. The lowest BCUT2D eigenvalue weighted by Crippen LogP contribution is -2.27. The van der Waals surface area contributed by atoms with Crippen LogP contribution >= 0.6 is 0 Å². The third-order valence-electron chi connectivity index (χ3n) is 3.36. The summed E-state index contributed by atoms with van der Waals surface area (Å²) in [5.74, 6) is 0.804. The van der Waals surface area contributed by atoms with Crippen LogP contribution in [-0.2, 0) is 17.9 Å². The van der Waals surface area contributed by atoms with E-state index in [0.29, 0.717) is 6.54 Å². The summed E-state index contributed by atoms with van der Waals surface area (Å²) in [6, 6.07) is 11.6. The van der Waals surface area contributed by atoms with Crippen molar-refractivity contribution in [3.63, 3.8) is 0 Å². The van der Waals surface area contributed by atoms with E-state index in [-0.39, 0.29) is 12.5 Å². The Morgan fingerprint density at radius 2 is 2.10 bits per heavy atom. The molecule has 0 radical (unpaired) electrons. The number of aromatic nitrogens is 3. The molecule has 1 aromatic carbocycles. The number of hydrogen-bond acceptors (Lipinski definition) is 3. The van der Waals surface area contributed by atoms with E-state index in [1.54, 1.807) is 12.4 Å². The summed E-state index contributed by atoms with van der Waals surface area (Å²) >= 11 is 0. The van der Waals surface area contributed by atoms with Gasteiger partial charge in [-0.1, -0.05) is 18.2 Å². The van der Waals surface area contributed by atoms with E-state index in [0.717, 1.165) is 22.4 Å². The van der Waals surface area contributed by atoms with E-state index < -0.39 is 0 Å². The van der Waals surface area contributed by atoms with Crippen molar-refractivity contribution in [1.82, 2.24) is 19.9 Å². The highest BCUT2D eigenvalue weighted by molar-refractivity contribution is 5.81. The molecule has 3 aromatic rings. The van der Waals surface area contributed by atoms with Crippen LogP contribution in [0.15, 0.2) is 48.8 Å². The van der Waals surface area contributed by atoms with Crippen molar-refractivity contribution in [2.45, 2.75) is 20.0 Å². The van der Waals surface area contributed by atoms with Crippen molar-refractivity contribution < 1.29 is 4.79 Å². The van der Waals surface area contributed by atoms with Crippen LogP contribution < -0.4 is 5.32 Å². The fraction of sp³-hybridized carbons (Fsp3) is 0.188. The molecule has 0 aliphatic heterocycles. The zero-order chi connectivity index (χ0) is 14.7. The van der Waals surface area contributed by atoms with Crippen LogP contribution in [0.3, 0.4) is 0 Å². The summed E-state index contributed by atoms with van der Waals surface area (Å²) in [7, 11) is 0. The van der Waals surface area contributed by atoms with Crippen LogP contribution in [0.2, 0.25) is 0 Å². The second-order valence-electron chi connectivity index (χ2n) is 4.87. The molecule has 5 heteroatoms. The van der Waals surface area contributed by atoms with Crippen molar-refractivity contribution in [2.75, 3.05) is 0 Å². The summed E-state index contributed by atoms with van der Waals surface area (Å²) < 4.78 is 1.92. The summed E-state index contributed by atoms with van der Waals surface area (Å²) in [5, 5.41) is 2.90. The second kappa shape index (κ2) is 5.75. The molecule has 0 unspecified atom stereocenters. The van der Waals surface area contributed by atoms with Crippen molar-refractivity contribution >= 4 is 16.9 Å². The molecule has 0 atom stereocenters. The number of nitrogens with one attached hydrogen (secondary N) is 1. The van der Waals surface area contributed by atoms with Crippen LogP contribution in [0.25, 0.3) is 11.0 Å². The third kappa shape index (κ3) is 2.91. The first-order valence-electron chi connectivity index (χ1n) is 6.81. The van der Waals surface area contributed by atoms with Crippen molar-refractivity contribution in [3.8, 4) is 0 Å². The zero-order valence-electron chi connectivity index (χ0n) is 11.8. The number of nitrogens with zero attached hydrogens (tertiary/aromatic N) is 3. The number of amides is 1. The molecular weight excluding hydrogens is 264 g/mol. The van der Waals surface area contributed by atoms with Gasteiger partial charge in [0.1, 0.15) is 12.4 Å². The summed E-state index contributed by atoms with van der Waals surface area (Å²) in [6.45, 7) is 2.67. The number of aryl methyl sites for hydroxylation is 1. The molecule has 5 nitrogen and oxygen atoms in total. The highest BCUT2D eigenvalue weighted by Gasteiger charge is 2.10. The smallest absolute Gasteiger partial charge is 0.240 e. The molecule has 0 saturated heterocycles. The zero-order valence-corrected chi connectivity index (χ0v) is 11.8. The van der Waals surface area contributed by atoms with Gasteiger partial charge in [0.2, 0.25) is 5.91 Å². The molecule has 3 rings (SSSR count). The van der Waals surface area contributed by atoms with Gasteiger partial charge >= 0.3 is 0 Å². The van der Waals surface area contributed by atoms with Crippen LogP contribution in [0.1, 0.15) is 11.4 Å². The minimum absolute atomic E-state index is 0.0369. The summed E-state index contributed by atoms with van der Waals surface area (Å²) in [6.07, 6.45) is 3.46. The molecule has 1 N–H and O–H groups in total. The van der Waals surface area contributed by atoms with Crippen LogP contribution in [0.5, 0.6) is 0 Å². The minimum atomic E-state index is -0.0369. The molecule has 2 heterocycles. The van der Waals surface area contributed by atoms with Gasteiger partial charge in [-0.05, 0) is 30.7 Å². The molecule has 0 saturated carbocycles. The number of hydrogen-bond donors (Lipinski definition) is 1. The monoisotopic (exact) mass is 280 g/mol. The summed E-state index contributed by atoms with van der Waals surface area (Å²) in [5.41, 5.74) is 2.87. The number of benzene rings is 1. The quantitative estimate of drug-likeness (QED) is 0.795. The number of pyridine rings is 1. The molecule has 0 fully saturated rings. The molecule has 2 aromatic heterocycles. The van der Waals surface area contributed by atoms with Gasteiger partial charge in [-0.25, -0.2) is 4.98 Å². The van der Waals surface area contributed by atoms with E-state index in [9.17, 15) is 4.79 Å². The number of rotatable bonds is 4. The van der Waals surface area contributed by atoms with Gasteiger partial charge in [0.05, 0.1) is 11.0 Å². The Kier molecular flexibility index (Phi) is 3.64. The first-order chi connectivity index (χ1) is 10.2. The highest BCUT2D eigenvalue weighted by atomic mass is 16.1. The maximum Gasteiger partial charge on any atom is 0.240 e. The number of imidazole rings is 1. The lowest BCUT2D eigenvalue weighted by molar-refractivity contribution is -0.121. The summed E-state index contributed by atoms with van der Waals surface area (Å²) in [4.78, 5) is 20.6. The van der Waals surface area contributed by atoms with Crippen LogP contribution in [-0.4, -0.2) is 20.4 Å². The largest absolute Gasteiger partial charge is 0.350 e. The van der Waals surface area contributed by atoms with Crippen LogP contribution in [0.4, 0.5) is 0 Å². The van der Waals surface area contributed by atoms with Crippen molar-refractivity contribution in [1.29, 1.82) is 0 Å². The first kappa shape index (κ1) is 13.3. The lowest BCUT2D eigenvalue weighted by Gasteiger charge is -2.08. The van der Waals surface area contributed by atoms with Gasteiger partial charge in [0, 0.05) is 18.9 Å². The lowest BCUT2D eigenvalue weighted by atomic mass is 10.3.